The van der Waals surface area contributed by atoms with Crippen molar-refractivity contribution in [1.82, 2.24) is 14.8 Å². The van der Waals surface area contributed by atoms with Crippen molar-refractivity contribution in [3.05, 3.63) is 59.9 Å². The highest BCUT2D eigenvalue weighted by Crippen LogP contribution is 2.32. The molecule has 110 valence electrons. The van der Waals surface area contributed by atoms with E-state index in [-0.39, 0.29) is 12.1 Å². The maximum atomic E-state index is 12.4. The van der Waals surface area contributed by atoms with Crippen LogP contribution >= 0.6 is 11.6 Å². The SMILES string of the molecule is O=C(NCCCl)N1CCn2cccc2[C@H]1c1ccccc1. The second kappa shape index (κ2) is 6.22. The number of hydrogen-bond acceptors (Lipinski definition) is 1. The number of aromatic nitrogens is 1. The van der Waals surface area contributed by atoms with Gasteiger partial charge in [0.1, 0.15) is 0 Å². The molecule has 2 aromatic rings. The van der Waals surface area contributed by atoms with Crippen LogP contribution in [0.3, 0.4) is 0 Å². The Bertz CT molecular complexity index is 611. The molecule has 2 heterocycles. The largest absolute Gasteiger partial charge is 0.348 e. The van der Waals surface area contributed by atoms with Gasteiger partial charge < -0.3 is 14.8 Å². The molecule has 0 saturated carbocycles. The van der Waals surface area contributed by atoms with E-state index < -0.39 is 0 Å². The van der Waals surface area contributed by atoms with Crippen LogP contribution in [0.2, 0.25) is 0 Å². The summed E-state index contributed by atoms with van der Waals surface area (Å²) in [5, 5.41) is 2.87. The average Bonchev–Trinajstić information content (AvgIpc) is 3.01. The summed E-state index contributed by atoms with van der Waals surface area (Å²) < 4.78 is 2.21. The summed E-state index contributed by atoms with van der Waals surface area (Å²) in [6, 6.07) is 14.1. The van der Waals surface area contributed by atoms with Gasteiger partial charge in [-0.25, -0.2) is 4.79 Å². The quantitative estimate of drug-likeness (QED) is 0.870. The summed E-state index contributed by atoms with van der Waals surface area (Å²) in [6.45, 7) is 1.99. The highest BCUT2D eigenvalue weighted by atomic mass is 35.5. The van der Waals surface area contributed by atoms with E-state index in [0.717, 1.165) is 17.8 Å². The van der Waals surface area contributed by atoms with Gasteiger partial charge in [0, 0.05) is 37.4 Å². The number of rotatable bonds is 3. The number of hydrogen-bond donors (Lipinski definition) is 1. The molecule has 0 spiro atoms. The van der Waals surface area contributed by atoms with Crippen LogP contribution in [0.15, 0.2) is 48.7 Å². The van der Waals surface area contributed by atoms with Crippen molar-refractivity contribution in [1.29, 1.82) is 0 Å². The number of carbonyl (C=O) groups excluding carboxylic acids is 1. The molecule has 0 unspecified atom stereocenters. The van der Waals surface area contributed by atoms with E-state index in [1.165, 1.54) is 0 Å². The van der Waals surface area contributed by atoms with Crippen LogP contribution in [-0.2, 0) is 6.54 Å². The summed E-state index contributed by atoms with van der Waals surface area (Å²) in [5.41, 5.74) is 2.27. The summed E-state index contributed by atoms with van der Waals surface area (Å²) in [6.07, 6.45) is 2.07. The lowest BCUT2D eigenvalue weighted by atomic mass is 10.0. The highest BCUT2D eigenvalue weighted by molar-refractivity contribution is 6.18. The summed E-state index contributed by atoms with van der Waals surface area (Å²) in [7, 11) is 0. The maximum absolute atomic E-state index is 12.4. The normalized spacial score (nSPS) is 17.4. The zero-order chi connectivity index (χ0) is 14.7. The molecule has 1 N–H and O–H groups in total. The molecule has 1 aromatic carbocycles. The monoisotopic (exact) mass is 303 g/mol. The Balaban J connectivity index is 1.95. The Morgan fingerprint density at radius 2 is 2.00 bits per heavy atom. The molecule has 5 heteroatoms. The van der Waals surface area contributed by atoms with E-state index in [2.05, 4.69) is 34.3 Å². The number of nitrogens with one attached hydrogen (secondary N) is 1. The van der Waals surface area contributed by atoms with Crippen LogP contribution in [0.4, 0.5) is 4.79 Å². The van der Waals surface area contributed by atoms with Crippen molar-refractivity contribution < 1.29 is 4.79 Å². The Morgan fingerprint density at radius 3 is 2.76 bits per heavy atom. The van der Waals surface area contributed by atoms with E-state index in [9.17, 15) is 4.79 Å². The number of carbonyl (C=O) groups is 1. The van der Waals surface area contributed by atoms with Crippen molar-refractivity contribution in [2.45, 2.75) is 12.6 Å². The van der Waals surface area contributed by atoms with Crippen LogP contribution in [0.25, 0.3) is 0 Å². The van der Waals surface area contributed by atoms with Gasteiger partial charge in [-0.2, -0.15) is 0 Å². The van der Waals surface area contributed by atoms with Gasteiger partial charge >= 0.3 is 6.03 Å². The van der Waals surface area contributed by atoms with Crippen molar-refractivity contribution in [2.75, 3.05) is 19.0 Å². The molecule has 4 nitrogen and oxygen atoms in total. The summed E-state index contributed by atoms with van der Waals surface area (Å²) in [4.78, 5) is 14.3. The van der Waals surface area contributed by atoms with Crippen molar-refractivity contribution in [2.24, 2.45) is 0 Å². The second-order valence-corrected chi connectivity index (χ2v) is 5.43. The molecular formula is C16H18ClN3O. The van der Waals surface area contributed by atoms with Gasteiger partial charge in [-0.15, -0.1) is 11.6 Å². The predicted molar refractivity (Wildman–Crippen MR) is 83.5 cm³/mol. The van der Waals surface area contributed by atoms with E-state index in [1.54, 1.807) is 0 Å². The summed E-state index contributed by atoms with van der Waals surface area (Å²) in [5.74, 6) is 0.423. The van der Waals surface area contributed by atoms with Crippen molar-refractivity contribution in [3.8, 4) is 0 Å². The molecular weight excluding hydrogens is 286 g/mol. The number of amides is 2. The topological polar surface area (TPSA) is 37.3 Å². The lowest BCUT2D eigenvalue weighted by Gasteiger charge is -2.37. The molecule has 0 aliphatic carbocycles. The third kappa shape index (κ3) is 2.76. The van der Waals surface area contributed by atoms with Crippen LogP contribution < -0.4 is 5.32 Å². The second-order valence-electron chi connectivity index (χ2n) is 5.05. The number of alkyl halides is 1. The molecule has 1 aliphatic rings. The number of fused-ring (bicyclic) bond motifs is 1. The molecule has 0 saturated heterocycles. The van der Waals surface area contributed by atoms with Crippen LogP contribution in [0, 0.1) is 0 Å². The molecule has 0 radical (unpaired) electrons. The van der Waals surface area contributed by atoms with Gasteiger partial charge in [-0.05, 0) is 17.7 Å². The third-order valence-corrected chi connectivity index (χ3v) is 3.97. The lowest BCUT2D eigenvalue weighted by molar-refractivity contribution is 0.169. The molecule has 3 rings (SSSR count). The van der Waals surface area contributed by atoms with E-state index in [1.807, 2.05) is 29.2 Å². The smallest absolute Gasteiger partial charge is 0.318 e. The van der Waals surface area contributed by atoms with E-state index >= 15 is 0 Å². The first-order valence-corrected chi connectivity index (χ1v) is 7.65. The van der Waals surface area contributed by atoms with Gasteiger partial charge in [0.15, 0.2) is 0 Å². The molecule has 1 aliphatic heterocycles. The third-order valence-electron chi connectivity index (χ3n) is 3.79. The van der Waals surface area contributed by atoms with Crippen LogP contribution in [-0.4, -0.2) is 34.5 Å². The zero-order valence-corrected chi connectivity index (χ0v) is 12.5. The Labute approximate surface area is 129 Å². The Hall–Kier alpha value is -1.94. The first-order valence-electron chi connectivity index (χ1n) is 7.11. The predicted octanol–water partition coefficient (Wildman–Crippen LogP) is 2.84. The van der Waals surface area contributed by atoms with Crippen LogP contribution in [0.5, 0.6) is 0 Å². The Morgan fingerprint density at radius 1 is 1.19 bits per heavy atom. The minimum Gasteiger partial charge on any atom is -0.348 e. The van der Waals surface area contributed by atoms with Crippen LogP contribution in [0.1, 0.15) is 17.3 Å². The van der Waals surface area contributed by atoms with Crippen molar-refractivity contribution in [3.63, 3.8) is 0 Å². The van der Waals surface area contributed by atoms with E-state index in [0.29, 0.717) is 19.0 Å². The first kappa shape index (κ1) is 14.0. The zero-order valence-electron chi connectivity index (χ0n) is 11.7. The molecule has 21 heavy (non-hydrogen) atoms. The number of nitrogens with zero attached hydrogens (tertiary/aromatic N) is 2. The van der Waals surface area contributed by atoms with Gasteiger partial charge in [0.2, 0.25) is 0 Å². The van der Waals surface area contributed by atoms with E-state index in [4.69, 9.17) is 11.6 Å². The fraction of sp³-hybridized carbons (Fsp3) is 0.312. The molecule has 1 aromatic heterocycles. The number of urea groups is 1. The van der Waals surface area contributed by atoms with Gasteiger partial charge in [0.05, 0.1) is 6.04 Å². The number of benzene rings is 1. The molecule has 0 fully saturated rings. The minimum atomic E-state index is -0.0584. The lowest BCUT2D eigenvalue weighted by Crippen LogP contribution is -2.47. The Kier molecular flexibility index (Phi) is 4.15. The minimum absolute atomic E-state index is 0.0507. The first-order chi connectivity index (χ1) is 10.3. The van der Waals surface area contributed by atoms with Crippen molar-refractivity contribution >= 4 is 17.6 Å². The fourth-order valence-electron chi connectivity index (χ4n) is 2.84. The highest BCUT2D eigenvalue weighted by Gasteiger charge is 2.31. The molecule has 2 amide bonds. The van der Waals surface area contributed by atoms with Gasteiger partial charge in [-0.3, -0.25) is 0 Å². The summed E-state index contributed by atoms with van der Waals surface area (Å²) >= 11 is 5.66. The average molecular weight is 304 g/mol. The van der Waals surface area contributed by atoms with Gasteiger partial charge in [-0.1, -0.05) is 30.3 Å². The number of halogens is 1. The van der Waals surface area contributed by atoms with Gasteiger partial charge in [0.25, 0.3) is 0 Å². The fourth-order valence-corrected chi connectivity index (χ4v) is 2.94. The maximum Gasteiger partial charge on any atom is 0.318 e. The molecule has 0 bridgehead atoms. The standard InChI is InChI=1S/C16H18ClN3O/c17-8-9-18-16(21)20-12-11-19-10-4-7-14(19)15(20)13-5-2-1-3-6-13/h1-7,10,15H,8-9,11-12H2,(H,18,21)/t15-/m1/s1. The molecule has 1 atom stereocenters.